The van der Waals surface area contributed by atoms with E-state index in [2.05, 4.69) is 45.7 Å². The van der Waals surface area contributed by atoms with Crippen molar-refractivity contribution in [1.82, 2.24) is 4.90 Å². The lowest BCUT2D eigenvalue weighted by atomic mass is 9.69. The van der Waals surface area contributed by atoms with Crippen LogP contribution in [0.25, 0.3) is 0 Å². The summed E-state index contributed by atoms with van der Waals surface area (Å²) in [6, 6.07) is 0. The van der Waals surface area contributed by atoms with E-state index in [0.29, 0.717) is 23.8 Å². The number of nitrogens with two attached hydrogens (primary N) is 1. The Morgan fingerprint density at radius 2 is 1.92 bits per heavy atom. The highest BCUT2D eigenvalue weighted by Crippen LogP contribution is 2.43. The number of carbonyl (C=O) groups excluding carboxylic acids is 2. The largest absolute Gasteiger partial charge is 0.470 e. The van der Waals surface area contributed by atoms with Gasteiger partial charge in [0.05, 0.1) is 6.61 Å². The Labute approximate surface area is 162 Å². The van der Waals surface area contributed by atoms with Crippen molar-refractivity contribution in [3.63, 3.8) is 0 Å². The van der Waals surface area contributed by atoms with Gasteiger partial charge in [0.1, 0.15) is 0 Å². The van der Waals surface area contributed by atoms with E-state index in [4.69, 9.17) is 21.7 Å². The van der Waals surface area contributed by atoms with Gasteiger partial charge >= 0.3 is 0 Å². The van der Waals surface area contributed by atoms with E-state index in [-0.39, 0.29) is 11.2 Å². The maximum Gasteiger partial charge on any atom is 0.273 e. The smallest absolute Gasteiger partial charge is 0.273 e. The number of thiol groups is 1. The molecule has 0 fully saturated rings. The van der Waals surface area contributed by atoms with E-state index in [1.807, 2.05) is 14.1 Å². The van der Waals surface area contributed by atoms with Crippen molar-refractivity contribution in [2.75, 3.05) is 20.7 Å². The molecular weight excluding hydrogens is 356 g/mol. The molecule has 0 bridgehead atoms. The second kappa shape index (κ2) is 10.6. The first-order valence-electron chi connectivity index (χ1n) is 8.15. The van der Waals surface area contributed by atoms with Crippen molar-refractivity contribution in [2.24, 2.45) is 11.1 Å². The van der Waals surface area contributed by atoms with Crippen molar-refractivity contribution < 1.29 is 14.3 Å². The third kappa shape index (κ3) is 8.54. The maximum absolute atomic E-state index is 12.4. The van der Waals surface area contributed by atoms with Gasteiger partial charge in [0, 0.05) is 26.1 Å². The average molecular weight is 387 g/mol. The minimum atomic E-state index is -0.639. The fourth-order valence-electron chi connectivity index (χ4n) is 2.94. The van der Waals surface area contributed by atoms with E-state index >= 15 is 0 Å². The Morgan fingerprint density at radius 1 is 1.40 bits per heavy atom. The van der Waals surface area contributed by atoms with Gasteiger partial charge in [-0.05, 0) is 49.4 Å². The number of hydrogen-bond donors (Lipinski definition) is 2. The Bertz CT molecular complexity index is 563. The summed E-state index contributed by atoms with van der Waals surface area (Å²) < 4.78 is 5.37. The van der Waals surface area contributed by atoms with Gasteiger partial charge in [0.25, 0.3) is 10.4 Å². The number of allylic oxidation sites excluding steroid dienone is 3. The second-order valence-electron chi connectivity index (χ2n) is 6.89. The SMILES string of the molecule is C=C(C(=O)CCOC(=S)N(C)C)C1=C(C)CCCC1(C)C.NC(=O)S. The molecule has 0 aromatic heterocycles. The molecule has 2 N–H and O–H groups in total. The van der Waals surface area contributed by atoms with Crippen molar-refractivity contribution in [1.29, 1.82) is 0 Å². The normalized spacial score (nSPS) is 15.6. The summed E-state index contributed by atoms with van der Waals surface area (Å²) in [6.07, 6.45) is 3.67. The van der Waals surface area contributed by atoms with Gasteiger partial charge in [0.15, 0.2) is 5.78 Å². The van der Waals surface area contributed by atoms with Crippen molar-refractivity contribution in [2.45, 2.75) is 46.5 Å². The zero-order valence-corrected chi connectivity index (χ0v) is 17.6. The fraction of sp³-hybridized carbons (Fsp3) is 0.611. The molecule has 1 rings (SSSR count). The molecule has 0 saturated carbocycles. The highest BCUT2D eigenvalue weighted by Gasteiger charge is 2.31. The molecule has 0 aliphatic heterocycles. The van der Waals surface area contributed by atoms with Gasteiger partial charge in [-0.25, -0.2) is 0 Å². The number of carbonyl (C=O) groups is 2. The summed E-state index contributed by atoms with van der Waals surface area (Å²) in [5.41, 5.74) is 7.47. The number of thiocarbonyl (C=S) groups is 1. The molecule has 0 aromatic carbocycles. The lowest BCUT2D eigenvalue weighted by Crippen LogP contribution is -2.26. The van der Waals surface area contributed by atoms with Crippen LogP contribution in [-0.4, -0.2) is 41.8 Å². The fourth-order valence-corrected chi connectivity index (χ4v) is 3.02. The minimum Gasteiger partial charge on any atom is -0.470 e. The monoisotopic (exact) mass is 386 g/mol. The summed E-state index contributed by atoms with van der Waals surface area (Å²) in [7, 11) is 3.64. The Hall–Kier alpha value is -1.34. The quantitative estimate of drug-likeness (QED) is 0.426. The van der Waals surface area contributed by atoms with E-state index in [9.17, 15) is 4.79 Å². The molecule has 0 aromatic rings. The van der Waals surface area contributed by atoms with Crippen LogP contribution in [0.3, 0.4) is 0 Å². The van der Waals surface area contributed by atoms with Crippen LogP contribution >= 0.6 is 24.8 Å². The third-order valence-electron chi connectivity index (χ3n) is 4.02. The summed E-state index contributed by atoms with van der Waals surface area (Å²) >= 11 is 8.14. The summed E-state index contributed by atoms with van der Waals surface area (Å²) in [4.78, 5) is 23.2. The summed E-state index contributed by atoms with van der Waals surface area (Å²) in [5, 5.41) is -0.234. The van der Waals surface area contributed by atoms with E-state index in [1.54, 1.807) is 4.90 Å². The second-order valence-corrected chi connectivity index (χ2v) is 7.68. The number of rotatable bonds is 5. The van der Waals surface area contributed by atoms with Crippen LogP contribution < -0.4 is 5.73 Å². The molecule has 1 aliphatic carbocycles. The van der Waals surface area contributed by atoms with Crippen LogP contribution in [0.15, 0.2) is 23.3 Å². The molecule has 1 aliphatic rings. The molecule has 142 valence electrons. The zero-order valence-electron chi connectivity index (χ0n) is 15.8. The van der Waals surface area contributed by atoms with E-state index < -0.39 is 5.24 Å². The van der Waals surface area contributed by atoms with Crippen molar-refractivity contribution in [3.8, 4) is 0 Å². The lowest BCUT2D eigenvalue weighted by molar-refractivity contribution is -0.116. The first-order chi connectivity index (χ1) is 11.4. The Kier molecular flexibility index (Phi) is 10.0. The van der Waals surface area contributed by atoms with E-state index in [1.165, 1.54) is 12.0 Å². The van der Waals surface area contributed by atoms with Gasteiger partial charge in [-0.15, -0.1) is 0 Å². The average Bonchev–Trinajstić information content (AvgIpc) is 2.44. The number of primary amides is 1. The maximum atomic E-state index is 12.4. The molecule has 7 heteroatoms. The predicted molar refractivity (Wildman–Crippen MR) is 110 cm³/mol. The summed E-state index contributed by atoms with van der Waals surface area (Å²) in [5.74, 6) is 0.0564. The van der Waals surface area contributed by atoms with Gasteiger partial charge in [0.2, 0.25) is 0 Å². The van der Waals surface area contributed by atoms with Gasteiger partial charge in [-0.2, -0.15) is 0 Å². The van der Waals surface area contributed by atoms with Gasteiger partial charge < -0.3 is 15.4 Å². The zero-order chi connectivity index (χ0) is 19.8. The summed E-state index contributed by atoms with van der Waals surface area (Å²) in [6.45, 7) is 10.9. The van der Waals surface area contributed by atoms with Crippen LogP contribution in [-0.2, 0) is 9.53 Å². The predicted octanol–water partition coefficient (Wildman–Crippen LogP) is 3.89. The molecule has 0 spiro atoms. The van der Waals surface area contributed by atoms with E-state index in [0.717, 1.165) is 18.4 Å². The third-order valence-corrected chi connectivity index (χ3v) is 4.50. The molecular formula is C18H30N2O3S2. The molecule has 0 radical (unpaired) electrons. The lowest BCUT2D eigenvalue weighted by Gasteiger charge is -2.35. The number of hydrogen-bond acceptors (Lipinski definition) is 4. The van der Waals surface area contributed by atoms with Crippen LogP contribution in [0.2, 0.25) is 0 Å². The molecule has 25 heavy (non-hydrogen) atoms. The van der Waals surface area contributed by atoms with Crippen LogP contribution in [0.1, 0.15) is 46.5 Å². The van der Waals surface area contributed by atoms with Crippen molar-refractivity contribution in [3.05, 3.63) is 23.3 Å². The molecule has 0 atom stereocenters. The Balaban J connectivity index is 0.00000129. The molecule has 0 heterocycles. The number of ketones is 1. The number of amides is 1. The minimum absolute atomic E-state index is 0.0366. The first-order valence-corrected chi connectivity index (χ1v) is 9.01. The highest BCUT2D eigenvalue weighted by atomic mass is 32.1. The molecule has 1 amide bonds. The molecule has 0 saturated heterocycles. The standard InChI is InChI=1S/C17H27NO2S.CH3NOS/c1-12-8-7-10-17(3,4)15(12)13(2)14(19)9-11-20-16(21)18(5)6;2-1(3)4/h2,7-11H2,1,3-6H3;(H3,2,3,4). The molecule has 0 unspecified atom stereocenters. The number of nitrogens with zero attached hydrogens (tertiary/aromatic N) is 1. The topological polar surface area (TPSA) is 72.6 Å². The van der Waals surface area contributed by atoms with Gasteiger partial charge in [-0.3, -0.25) is 9.59 Å². The van der Waals surface area contributed by atoms with Crippen molar-refractivity contribution >= 4 is 41.0 Å². The highest BCUT2D eigenvalue weighted by molar-refractivity contribution is 7.96. The first kappa shape index (κ1) is 23.7. The molecule has 5 nitrogen and oxygen atoms in total. The van der Waals surface area contributed by atoms with Gasteiger partial charge in [-0.1, -0.05) is 38.6 Å². The Morgan fingerprint density at radius 3 is 2.36 bits per heavy atom. The van der Waals surface area contributed by atoms with Crippen LogP contribution in [0.5, 0.6) is 0 Å². The van der Waals surface area contributed by atoms with Crippen LogP contribution in [0, 0.1) is 5.41 Å². The number of ether oxygens (including phenoxy) is 1. The number of Topliss-reactive ketones (excluding diaryl/α,β-unsaturated/α-hetero) is 1. The van der Waals surface area contributed by atoms with Crippen LogP contribution in [0.4, 0.5) is 4.79 Å².